The maximum Gasteiger partial charge on any atom is 0.139 e. The highest BCUT2D eigenvalue weighted by Crippen LogP contribution is 2.64. The summed E-state index contributed by atoms with van der Waals surface area (Å²) in [5, 5.41) is 0. The zero-order valence-corrected chi connectivity index (χ0v) is 15.8. The van der Waals surface area contributed by atoms with E-state index in [1.165, 1.54) is 0 Å². The number of hydrogen-bond donors (Lipinski definition) is 1. The minimum Gasteiger partial charge on any atom is -0.300 e. The Morgan fingerprint density at radius 3 is 2.72 bits per heavy atom. The maximum absolute atomic E-state index is 12.6. The molecule has 4 aliphatic carbocycles. The lowest BCUT2D eigenvalue weighted by Gasteiger charge is -2.58. The number of rotatable bonds is 3. The number of carbonyl (C=O) groups excluding carboxylic acids is 2. The molecule has 0 bridgehead atoms. The van der Waals surface area contributed by atoms with Crippen LogP contribution < -0.4 is 5.48 Å². The van der Waals surface area contributed by atoms with E-state index in [2.05, 4.69) is 25.4 Å². The van der Waals surface area contributed by atoms with Crippen LogP contribution in [0.2, 0.25) is 0 Å². The molecule has 0 radical (unpaired) electrons. The summed E-state index contributed by atoms with van der Waals surface area (Å²) in [5.41, 5.74) is 4.28. The fourth-order valence-corrected chi connectivity index (χ4v) is 6.61. The van der Waals surface area contributed by atoms with Crippen LogP contribution in [-0.2, 0) is 14.4 Å². The number of allylic oxidation sites excluding steroid dienone is 2. The van der Waals surface area contributed by atoms with Crippen LogP contribution in [0.25, 0.3) is 0 Å². The predicted octanol–water partition coefficient (Wildman–Crippen LogP) is 3.81. The molecule has 0 amide bonds. The van der Waals surface area contributed by atoms with Crippen molar-refractivity contribution >= 4 is 11.6 Å². The first kappa shape index (κ1) is 17.3. The summed E-state index contributed by atoms with van der Waals surface area (Å²) in [6.45, 7) is 7.16. The largest absolute Gasteiger partial charge is 0.300 e. The lowest BCUT2D eigenvalue weighted by Crippen LogP contribution is -2.54. The molecule has 6 atom stereocenters. The van der Waals surface area contributed by atoms with E-state index in [4.69, 9.17) is 4.84 Å². The van der Waals surface area contributed by atoms with Gasteiger partial charge in [0.1, 0.15) is 11.6 Å². The van der Waals surface area contributed by atoms with Crippen LogP contribution in [0.3, 0.4) is 0 Å². The molecule has 4 rings (SSSR count). The second-order valence-corrected chi connectivity index (χ2v) is 9.17. The van der Waals surface area contributed by atoms with Gasteiger partial charge in [-0.2, -0.15) is 0 Å². The van der Waals surface area contributed by atoms with Crippen LogP contribution in [0.4, 0.5) is 0 Å². The highest BCUT2D eigenvalue weighted by Gasteiger charge is 2.60. The smallest absolute Gasteiger partial charge is 0.139 e. The average Bonchev–Trinajstić information content (AvgIpc) is 2.89. The van der Waals surface area contributed by atoms with Crippen LogP contribution in [0.15, 0.2) is 11.8 Å². The van der Waals surface area contributed by atoms with Gasteiger partial charge >= 0.3 is 0 Å². The van der Waals surface area contributed by atoms with Gasteiger partial charge in [0.25, 0.3) is 0 Å². The Bertz CT molecular complexity index is 627. The van der Waals surface area contributed by atoms with Gasteiger partial charge in [-0.1, -0.05) is 19.9 Å². The third-order valence-corrected chi connectivity index (χ3v) is 8.14. The molecule has 4 nitrogen and oxygen atoms in total. The first-order valence-corrected chi connectivity index (χ1v) is 10.0. The molecule has 3 fully saturated rings. The van der Waals surface area contributed by atoms with Gasteiger partial charge in [0.2, 0.25) is 0 Å². The minimum absolute atomic E-state index is 0.137. The van der Waals surface area contributed by atoms with E-state index in [1.54, 1.807) is 0 Å². The Morgan fingerprint density at radius 1 is 1.16 bits per heavy atom. The maximum atomic E-state index is 12.6. The highest BCUT2D eigenvalue weighted by atomic mass is 16.6. The van der Waals surface area contributed by atoms with Crippen LogP contribution in [0, 0.1) is 34.5 Å². The Kier molecular flexibility index (Phi) is 4.10. The number of Topliss-reactive ketones (excluding diaryl/α,β-unsaturated/α-hetero) is 2. The lowest BCUT2D eigenvalue weighted by molar-refractivity contribution is -0.135. The number of hydrogen-bond acceptors (Lipinski definition) is 4. The van der Waals surface area contributed by atoms with Gasteiger partial charge in [0.15, 0.2) is 0 Å². The molecule has 1 unspecified atom stereocenters. The molecule has 4 aliphatic rings. The van der Waals surface area contributed by atoms with Crippen molar-refractivity contribution in [1.29, 1.82) is 0 Å². The van der Waals surface area contributed by atoms with Gasteiger partial charge in [-0.15, -0.1) is 0 Å². The van der Waals surface area contributed by atoms with Crippen molar-refractivity contribution in [2.24, 2.45) is 34.5 Å². The average molecular weight is 345 g/mol. The summed E-state index contributed by atoms with van der Waals surface area (Å²) in [5.74, 6) is 2.55. The standard InChI is InChI=1S/C21H31NO3/c1-4-25-22-18-12-14-15-5-6-19(24)21(15,3)10-8-16(14)20(2)9-7-13(23)11-17(18)20/h12,14-17,22H,4-11H2,1-3H3/t14-,15-,16-,17?,20+,21-/m0/s1. The van der Waals surface area contributed by atoms with E-state index in [-0.39, 0.29) is 16.7 Å². The van der Waals surface area contributed by atoms with E-state index in [1.807, 2.05) is 6.92 Å². The molecule has 3 saturated carbocycles. The van der Waals surface area contributed by atoms with Crippen molar-refractivity contribution in [3.63, 3.8) is 0 Å². The summed E-state index contributed by atoms with van der Waals surface area (Å²) < 4.78 is 0. The molecule has 0 spiro atoms. The van der Waals surface area contributed by atoms with Gasteiger partial charge in [-0.25, -0.2) is 0 Å². The van der Waals surface area contributed by atoms with Gasteiger partial charge in [-0.05, 0) is 55.8 Å². The Morgan fingerprint density at radius 2 is 1.96 bits per heavy atom. The summed E-state index contributed by atoms with van der Waals surface area (Å²) in [7, 11) is 0. The van der Waals surface area contributed by atoms with E-state index in [9.17, 15) is 9.59 Å². The van der Waals surface area contributed by atoms with Crippen molar-refractivity contribution in [2.45, 2.75) is 65.7 Å². The normalized spacial score (nSPS) is 46.1. The molecule has 0 aromatic heterocycles. The molecule has 1 N–H and O–H groups in total. The second-order valence-electron chi connectivity index (χ2n) is 9.17. The van der Waals surface area contributed by atoms with E-state index >= 15 is 0 Å². The minimum atomic E-state index is -0.137. The highest BCUT2D eigenvalue weighted by molar-refractivity contribution is 5.87. The van der Waals surface area contributed by atoms with Crippen molar-refractivity contribution in [1.82, 2.24) is 5.48 Å². The van der Waals surface area contributed by atoms with Crippen LogP contribution in [-0.4, -0.2) is 18.2 Å². The fraction of sp³-hybridized carbons (Fsp3) is 0.810. The van der Waals surface area contributed by atoms with Crippen LogP contribution >= 0.6 is 0 Å². The van der Waals surface area contributed by atoms with Crippen molar-refractivity contribution < 1.29 is 14.4 Å². The van der Waals surface area contributed by atoms with E-state index in [0.717, 1.165) is 37.8 Å². The molecule has 4 heteroatoms. The van der Waals surface area contributed by atoms with Gasteiger partial charge < -0.3 is 0 Å². The van der Waals surface area contributed by atoms with Crippen molar-refractivity contribution in [2.75, 3.05) is 6.61 Å². The zero-order chi connectivity index (χ0) is 17.8. The van der Waals surface area contributed by atoms with E-state index < -0.39 is 0 Å². The first-order valence-electron chi connectivity index (χ1n) is 10.0. The lowest BCUT2D eigenvalue weighted by atomic mass is 9.46. The van der Waals surface area contributed by atoms with Gasteiger partial charge in [0.05, 0.1) is 6.61 Å². The first-order chi connectivity index (χ1) is 11.9. The molecule has 0 aliphatic heterocycles. The van der Waals surface area contributed by atoms with E-state index in [0.29, 0.717) is 48.8 Å². The quantitative estimate of drug-likeness (QED) is 0.790. The molecular formula is C21H31NO3. The second kappa shape index (κ2) is 5.94. The predicted molar refractivity (Wildman–Crippen MR) is 95.4 cm³/mol. The number of fused-ring (bicyclic) bond motifs is 5. The summed E-state index contributed by atoms with van der Waals surface area (Å²) >= 11 is 0. The Labute approximate surface area is 150 Å². The van der Waals surface area contributed by atoms with Crippen LogP contribution in [0.1, 0.15) is 65.7 Å². The molecule has 25 heavy (non-hydrogen) atoms. The molecular weight excluding hydrogens is 314 g/mol. The zero-order valence-electron chi connectivity index (χ0n) is 15.8. The summed E-state index contributed by atoms with van der Waals surface area (Å²) in [6, 6.07) is 0. The Balaban J connectivity index is 1.74. The van der Waals surface area contributed by atoms with Crippen molar-refractivity contribution in [3.05, 3.63) is 11.8 Å². The van der Waals surface area contributed by atoms with Crippen molar-refractivity contribution in [3.8, 4) is 0 Å². The molecule has 0 aromatic rings. The number of carbonyl (C=O) groups is 2. The number of hydroxylamine groups is 1. The Hall–Kier alpha value is -1.16. The van der Waals surface area contributed by atoms with Gasteiger partial charge in [-0.3, -0.25) is 19.9 Å². The molecule has 0 saturated heterocycles. The molecule has 0 heterocycles. The summed E-state index contributed by atoms with van der Waals surface area (Å²) in [6.07, 6.45) is 8.57. The third-order valence-electron chi connectivity index (χ3n) is 8.14. The number of nitrogens with one attached hydrogen (secondary N) is 1. The fourth-order valence-electron chi connectivity index (χ4n) is 6.61. The topological polar surface area (TPSA) is 55.4 Å². The monoisotopic (exact) mass is 345 g/mol. The SMILES string of the molecule is CCONC1=C[C@@H]2[C@H](CC[C@]3(C)C(=O)CC[C@@H]23)[C@@]2(C)CCC(=O)CC12. The molecule has 138 valence electrons. The van der Waals surface area contributed by atoms with Gasteiger partial charge in [0, 0.05) is 36.3 Å². The summed E-state index contributed by atoms with van der Waals surface area (Å²) in [4.78, 5) is 30.3. The molecule has 0 aromatic carbocycles. The third kappa shape index (κ3) is 2.43. The number of ketones is 2. The van der Waals surface area contributed by atoms with Crippen LogP contribution in [0.5, 0.6) is 0 Å².